The van der Waals surface area contributed by atoms with Crippen LogP contribution in [0.5, 0.6) is 5.75 Å². The number of allylic oxidation sites excluding steroid dienone is 1. The van der Waals surface area contributed by atoms with Crippen LogP contribution < -0.4 is 20.7 Å². The van der Waals surface area contributed by atoms with Gasteiger partial charge in [-0.25, -0.2) is 0 Å². The van der Waals surface area contributed by atoms with Gasteiger partial charge in [0.05, 0.1) is 24.4 Å². The van der Waals surface area contributed by atoms with E-state index in [1.54, 1.807) is 7.11 Å². The highest BCUT2D eigenvalue weighted by molar-refractivity contribution is 7.80. The van der Waals surface area contributed by atoms with Gasteiger partial charge in [-0.2, -0.15) is 0 Å². The maximum Gasteiger partial charge on any atom is 0.255 e. The third kappa shape index (κ3) is 4.17. The molecule has 146 valence electrons. The summed E-state index contributed by atoms with van der Waals surface area (Å²) in [6.45, 7) is 6.17. The molecule has 1 unspecified atom stereocenters. The Hall–Kier alpha value is -2.86. The van der Waals surface area contributed by atoms with Crippen LogP contribution >= 0.6 is 12.2 Å². The summed E-state index contributed by atoms with van der Waals surface area (Å²) < 4.78 is 5.34. The van der Waals surface area contributed by atoms with E-state index in [9.17, 15) is 4.79 Å². The number of anilines is 1. The van der Waals surface area contributed by atoms with Crippen molar-refractivity contribution in [1.82, 2.24) is 10.6 Å². The van der Waals surface area contributed by atoms with E-state index < -0.39 is 0 Å². The van der Waals surface area contributed by atoms with Crippen LogP contribution in [0.4, 0.5) is 5.69 Å². The predicted molar refractivity (Wildman–Crippen MR) is 116 cm³/mol. The zero-order valence-corrected chi connectivity index (χ0v) is 17.3. The van der Waals surface area contributed by atoms with E-state index in [-0.39, 0.29) is 11.9 Å². The molecule has 1 aliphatic heterocycles. The zero-order chi connectivity index (χ0) is 20.3. The Morgan fingerprint density at radius 3 is 2.46 bits per heavy atom. The van der Waals surface area contributed by atoms with E-state index in [4.69, 9.17) is 17.0 Å². The third-order valence-electron chi connectivity index (χ3n) is 4.81. The van der Waals surface area contributed by atoms with Gasteiger partial charge in [-0.1, -0.05) is 50.2 Å². The number of thiocarbonyl (C=S) groups is 1. The third-order valence-corrected chi connectivity index (χ3v) is 5.03. The molecule has 0 aliphatic carbocycles. The molecule has 1 aliphatic rings. The summed E-state index contributed by atoms with van der Waals surface area (Å²) in [5.41, 5.74) is 4.18. The van der Waals surface area contributed by atoms with Crippen molar-refractivity contribution in [2.24, 2.45) is 0 Å². The number of amides is 1. The quantitative estimate of drug-likeness (QED) is 0.661. The molecule has 0 spiro atoms. The first kappa shape index (κ1) is 19.9. The van der Waals surface area contributed by atoms with Gasteiger partial charge in [-0.15, -0.1) is 0 Å². The Morgan fingerprint density at radius 1 is 1.14 bits per heavy atom. The van der Waals surface area contributed by atoms with E-state index in [0.29, 0.717) is 28.0 Å². The summed E-state index contributed by atoms with van der Waals surface area (Å²) in [6.07, 6.45) is 0. The lowest BCUT2D eigenvalue weighted by Gasteiger charge is -2.30. The molecule has 1 atom stereocenters. The summed E-state index contributed by atoms with van der Waals surface area (Å²) in [4.78, 5) is 13.2. The number of hydrogen-bond acceptors (Lipinski definition) is 3. The number of benzene rings is 2. The van der Waals surface area contributed by atoms with Crippen molar-refractivity contribution in [3.63, 3.8) is 0 Å². The van der Waals surface area contributed by atoms with Crippen LogP contribution in [-0.4, -0.2) is 18.1 Å². The van der Waals surface area contributed by atoms with E-state index in [1.807, 2.05) is 43.3 Å². The summed E-state index contributed by atoms with van der Waals surface area (Å²) in [5.74, 6) is 0.850. The van der Waals surface area contributed by atoms with Gasteiger partial charge in [-0.05, 0) is 48.3 Å². The molecule has 5 nitrogen and oxygen atoms in total. The SMILES string of the molecule is COc1ccccc1NC(=O)C1=C(C)NC(=S)NC1c1ccc(C(C)C)cc1. The number of methoxy groups -OCH3 is 1. The molecule has 0 saturated carbocycles. The summed E-state index contributed by atoms with van der Waals surface area (Å²) in [5, 5.41) is 9.75. The molecule has 2 aromatic rings. The van der Waals surface area contributed by atoms with Gasteiger partial charge in [0.25, 0.3) is 5.91 Å². The highest BCUT2D eigenvalue weighted by Crippen LogP contribution is 2.30. The topological polar surface area (TPSA) is 62.4 Å². The maximum absolute atomic E-state index is 13.2. The molecule has 3 N–H and O–H groups in total. The van der Waals surface area contributed by atoms with Crippen molar-refractivity contribution in [3.8, 4) is 5.75 Å². The maximum atomic E-state index is 13.2. The lowest BCUT2D eigenvalue weighted by atomic mass is 9.92. The fraction of sp³-hybridized carbons (Fsp3) is 0.273. The van der Waals surface area contributed by atoms with E-state index in [0.717, 1.165) is 11.3 Å². The highest BCUT2D eigenvalue weighted by Gasteiger charge is 2.30. The standard InChI is InChI=1S/C22H25N3O2S/c1-13(2)15-9-11-16(12-10-15)20-19(14(3)23-22(28)25-20)21(26)24-17-7-5-6-8-18(17)27-4/h5-13,20H,1-4H3,(H,24,26)(H2,23,25,28). The molecule has 28 heavy (non-hydrogen) atoms. The van der Waals surface area contributed by atoms with Crippen LogP contribution in [0.2, 0.25) is 0 Å². The Bertz CT molecular complexity index is 920. The summed E-state index contributed by atoms with van der Waals surface area (Å²) in [7, 11) is 1.58. The van der Waals surface area contributed by atoms with Crippen molar-refractivity contribution in [3.05, 3.63) is 70.9 Å². The Balaban J connectivity index is 1.94. The molecule has 1 heterocycles. The average molecular weight is 396 g/mol. The Kier molecular flexibility index (Phi) is 5.99. The normalized spacial score (nSPS) is 16.5. The number of carbonyl (C=O) groups is 1. The van der Waals surface area contributed by atoms with Crippen molar-refractivity contribution >= 4 is 28.9 Å². The van der Waals surface area contributed by atoms with Crippen LogP contribution in [0, 0.1) is 0 Å². The first-order valence-corrected chi connectivity index (χ1v) is 9.64. The first-order chi connectivity index (χ1) is 13.4. The van der Waals surface area contributed by atoms with E-state index in [2.05, 4.69) is 41.9 Å². The molecule has 0 aromatic heterocycles. The number of rotatable bonds is 5. The fourth-order valence-corrected chi connectivity index (χ4v) is 3.53. The number of nitrogens with one attached hydrogen (secondary N) is 3. The van der Waals surface area contributed by atoms with Crippen molar-refractivity contribution < 1.29 is 9.53 Å². The lowest BCUT2D eigenvalue weighted by molar-refractivity contribution is -0.113. The van der Waals surface area contributed by atoms with Crippen molar-refractivity contribution in [1.29, 1.82) is 0 Å². The van der Waals surface area contributed by atoms with Gasteiger partial charge < -0.3 is 20.7 Å². The molecule has 0 fully saturated rings. The largest absolute Gasteiger partial charge is 0.495 e. The molecule has 3 rings (SSSR count). The molecule has 2 aromatic carbocycles. The molecular weight excluding hydrogens is 370 g/mol. The minimum Gasteiger partial charge on any atom is -0.495 e. The molecule has 6 heteroatoms. The second-order valence-corrected chi connectivity index (χ2v) is 7.45. The molecule has 0 radical (unpaired) electrons. The number of para-hydroxylation sites is 2. The van der Waals surface area contributed by atoms with Gasteiger partial charge in [0.2, 0.25) is 0 Å². The number of hydrogen-bond donors (Lipinski definition) is 3. The second-order valence-electron chi connectivity index (χ2n) is 7.05. The highest BCUT2D eigenvalue weighted by atomic mass is 32.1. The average Bonchev–Trinajstić information content (AvgIpc) is 2.67. The Morgan fingerprint density at radius 2 is 1.82 bits per heavy atom. The van der Waals surface area contributed by atoms with Gasteiger partial charge in [0.15, 0.2) is 5.11 Å². The molecular formula is C22H25N3O2S. The van der Waals surface area contributed by atoms with Crippen molar-refractivity contribution in [2.45, 2.75) is 32.7 Å². The smallest absolute Gasteiger partial charge is 0.255 e. The number of ether oxygens (including phenoxy) is 1. The fourth-order valence-electron chi connectivity index (χ4n) is 3.26. The first-order valence-electron chi connectivity index (χ1n) is 9.23. The van der Waals surface area contributed by atoms with Gasteiger partial charge in [0, 0.05) is 5.70 Å². The number of carbonyl (C=O) groups excluding carboxylic acids is 1. The van der Waals surface area contributed by atoms with E-state index >= 15 is 0 Å². The molecule has 0 saturated heterocycles. The Labute approximate surface area is 171 Å². The van der Waals surface area contributed by atoms with Crippen LogP contribution in [-0.2, 0) is 4.79 Å². The minimum absolute atomic E-state index is 0.206. The summed E-state index contributed by atoms with van der Waals surface area (Å²) >= 11 is 5.33. The van der Waals surface area contributed by atoms with Crippen molar-refractivity contribution in [2.75, 3.05) is 12.4 Å². The predicted octanol–water partition coefficient (Wildman–Crippen LogP) is 4.25. The van der Waals surface area contributed by atoms with Gasteiger partial charge in [-0.3, -0.25) is 4.79 Å². The van der Waals surface area contributed by atoms with Crippen LogP contribution in [0.3, 0.4) is 0 Å². The van der Waals surface area contributed by atoms with Crippen LogP contribution in [0.25, 0.3) is 0 Å². The molecule has 0 bridgehead atoms. The molecule has 1 amide bonds. The minimum atomic E-state index is -0.329. The monoisotopic (exact) mass is 395 g/mol. The van der Waals surface area contributed by atoms with Crippen LogP contribution in [0.15, 0.2) is 59.8 Å². The zero-order valence-electron chi connectivity index (χ0n) is 16.5. The van der Waals surface area contributed by atoms with E-state index in [1.165, 1.54) is 5.56 Å². The van der Waals surface area contributed by atoms with Gasteiger partial charge >= 0.3 is 0 Å². The lowest BCUT2D eigenvalue weighted by Crippen LogP contribution is -2.45. The summed E-state index contributed by atoms with van der Waals surface area (Å²) in [6, 6.07) is 15.3. The van der Waals surface area contributed by atoms with Gasteiger partial charge in [0.1, 0.15) is 5.75 Å². The van der Waals surface area contributed by atoms with Crippen LogP contribution in [0.1, 0.15) is 43.9 Å². The second kappa shape index (κ2) is 8.44.